The summed E-state index contributed by atoms with van der Waals surface area (Å²) in [6.07, 6.45) is 14.2. The molecule has 11 heteroatoms. The summed E-state index contributed by atoms with van der Waals surface area (Å²) < 4.78 is 6.18. The van der Waals surface area contributed by atoms with Gasteiger partial charge in [-0.15, -0.1) is 0 Å². The van der Waals surface area contributed by atoms with Crippen molar-refractivity contribution in [2.75, 3.05) is 12.4 Å². The molecule has 1 fully saturated rings. The lowest BCUT2D eigenvalue weighted by Crippen LogP contribution is -2.22. The molecule has 2 aliphatic carbocycles. The third-order valence-corrected chi connectivity index (χ3v) is 16.7. The van der Waals surface area contributed by atoms with Crippen LogP contribution in [0, 0.1) is 29.1 Å². The van der Waals surface area contributed by atoms with Crippen molar-refractivity contribution in [1.82, 2.24) is 4.98 Å². The van der Waals surface area contributed by atoms with Crippen LogP contribution in [0.5, 0.6) is 17.2 Å². The Morgan fingerprint density at radius 3 is 2.53 bits per heavy atom. The van der Waals surface area contributed by atoms with Crippen LogP contribution in [0.15, 0.2) is 103 Å². The summed E-state index contributed by atoms with van der Waals surface area (Å²) in [4.78, 5) is 31.1. The van der Waals surface area contributed by atoms with Crippen LogP contribution in [0.3, 0.4) is 0 Å². The molecular weight excluding hydrogens is 887 g/mol. The van der Waals surface area contributed by atoms with Crippen molar-refractivity contribution in [1.29, 1.82) is 0 Å². The van der Waals surface area contributed by atoms with Crippen molar-refractivity contribution < 1.29 is 29.6 Å². The smallest absolute Gasteiger partial charge is 0.165 e. The number of phenolic OH excluding ortho intramolecular Hbond substituents is 2. The number of carbonyl (C=O) groups excluding carboxylic acids is 2. The number of nitrogens with one attached hydrogen (secondary N) is 1. The number of carbonyl (C=O) groups is 2. The molecule has 5 atom stereocenters. The molecule has 0 amide bonds. The lowest BCUT2D eigenvalue weighted by molar-refractivity contribution is -0.114. The quantitative estimate of drug-likeness (QED) is 0.0475. The minimum absolute atomic E-state index is 0.0182. The molecular formula is C57H65N3O6S2. The van der Waals surface area contributed by atoms with Gasteiger partial charge in [0.15, 0.2) is 23.1 Å². The zero-order valence-electron chi connectivity index (χ0n) is 39.1. The largest absolute Gasteiger partial charge is 0.508 e. The lowest BCUT2D eigenvalue weighted by Gasteiger charge is -2.29. The van der Waals surface area contributed by atoms with Crippen LogP contribution >= 0.6 is 21.6 Å². The zero-order valence-corrected chi connectivity index (χ0v) is 40.7. The van der Waals surface area contributed by atoms with Crippen LogP contribution in [0.1, 0.15) is 137 Å². The molecule has 8 rings (SSSR count). The van der Waals surface area contributed by atoms with Gasteiger partial charge < -0.3 is 36.5 Å². The highest BCUT2D eigenvalue weighted by atomic mass is 33.1. The number of aliphatic hydroxyl groups excluding tert-OH is 1. The Balaban J connectivity index is 1.11. The van der Waals surface area contributed by atoms with Gasteiger partial charge in [0.05, 0.1) is 25.3 Å². The van der Waals surface area contributed by atoms with E-state index in [1.165, 1.54) is 5.56 Å². The number of benzene rings is 4. The molecule has 8 bridgehead atoms. The number of aromatic nitrogens is 1. The van der Waals surface area contributed by atoms with E-state index in [0.29, 0.717) is 60.1 Å². The SMILES string of the molecule is CC(O)CC(CCc1ccccc1)CCC12C=CC(=O)CCc3ccc(O)c(c3)OCCc3ccc(O)c(c3)C3CC(=O)c4cc[nH]c4CC#Cc4cc(C(N)N)c(cc43)CSSCC(CC1)C2. The fourth-order valence-corrected chi connectivity index (χ4v) is 13.0. The highest BCUT2D eigenvalue weighted by Gasteiger charge is 2.38. The number of aliphatic hydroxyl groups is 1. The van der Waals surface area contributed by atoms with Crippen molar-refractivity contribution in [2.24, 2.45) is 28.7 Å². The number of fused-ring (bicyclic) bond motifs is 9. The van der Waals surface area contributed by atoms with Crippen LogP contribution in [-0.4, -0.2) is 50.3 Å². The van der Waals surface area contributed by atoms with Crippen LogP contribution < -0.4 is 16.2 Å². The van der Waals surface area contributed by atoms with Gasteiger partial charge in [-0.2, -0.15) is 0 Å². The summed E-state index contributed by atoms with van der Waals surface area (Å²) in [5.41, 5.74) is 21.3. The fraction of sp³-hybridized carbons (Fsp3) is 0.404. The van der Waals surface area contributed by atoms with Gasteiger partial charge in [0.25, 0.3) is 0 Å². The van der Waals surface area contributed by atoms with E-state index in [4.69, 9.17) is 16.2 Å². The number of ether oxygens (including phenoxy) is 1. The van der Waals surface area contributed by atoms with E-state index in [-0.39, 0.29) is 47.6 Å². The normalized spacial score (nSPS) is 21.1. The van der Waals surface area contributed by atoms with E-state index >= 15 is 0 Å². The molecule has 4 aromatic carbocycles. The number of hydrogen-bond acceptors (Lipinski definition) is 10. The Morgan fingerprint density at radius 2 is 1.72 bits per heavy atom. The molecule has 5 unspecified atom stereocenters. The summed E-state index contributed by atoms with van der Waals surface area (Å²) in [5.74, 6) is 9.02. The average molecular weight is 952 g/mol. The van der Waals surface area contributed by atoms with E-state index in [1.807, 2.05) is 66.3 Å². The molecule has 1 aromatic heterocycles. The third kappa shape index (κ3) is 12.7. The maximum atomic E-state index is 14.2. The van der Waals surface area contributed by atoms with Gasteiger partial charge in [-0.1, -0.05) is 94.1 Å². The van der Waals surface area contributed by atoms with Gasteiger partial charge in [0.1, 0.15) is 5.75 Å². The zero-order chi connectivity index (χ0) is 47.6. The molecule has 1 saturated carbocycles. The Bertz CT molecular complexity index is 2650. The van der Waals surface area contributed by atoms with Crippen LogP contribution in [0.4, 0.5) is 0 Å². The van der Waals surface area contributed by atoms with E-state index < -0.39 is 12.1 Å². The number of ketones is 2. The molecule has 9 nitrogen and oxygen atoms in total. The molecule has 0 radical (unpaired) electrons. The number of aryl methyl sites for hydroxylation is 2. The second kappa shape index (κ2) is 22.9. The molecule has 2 heterocycles. The number of allylic oxidation sites excluding steroid dienone is 2. The number of aromatic amines is 1. The van der Waals surface area contributed by atoms with Crippen molar-refractivity contribution >= 4 is 33.2 Å². The predicted molar refractivity (Wildman–Crippen MR) is 275 cm³/mol. The number of Topliss-reactive ketones (excluding diaryl/α,β-unsaturated/α-hetero) is 1. The molecule has 8 N–H and O–H groups in total. The summed E-state index contributed by atoms with van der Waals surface area (Å²) in [6.45, 7) is 2.13. The van der Waals surface area contributed by atoms with Gasteiger partial charge in [-0.05, 0) is 152 Å². The van der Waals surface area contributed by atoms with Gasteiger partial charge >= 0.3 is 0 Å². The number of rotatable bonds is 9. The summed E-state index contributed by atoms with van der Waals surface area (Å²) in [5, 5.41) is 33.0. The topological polar surface area (TPSA) is 172 Å². The van der Waals surface area contributed by atoms with E-state index in [9.17, 15) is 24.9 Å². The highest BCUT2D eigenvalue weighted by molar-refractivity contribution is 8.76. The van der Waals surface area contributed by atoms with E-state index in [2.05, 4.69) is 53.2 Å². The fourth-order valence-electron chi connectivity index (χ4n) is 10.5. The summed E-state index contributed by atoms with van der Waals surface area (Å²) in [6, 6.07) is 27.2. The van der Waals surface area contributed by atoms with Gasteiger partial charge in [0.2, 0.25) is 0 Å². The average Bonchev–Trinajstić information content (AvgIpc) is 3.98. The van der Waals surface area contributed by atoms with Gasteiger partial charge in [0, 0.05) is 65.3 Å². The second-order valence-corrected chi connectivity index (χ2v) is 21.8. The maximum Gasteiger partial charge on any atom is 0.165 e. The van der Waals surface area contributed by atoms with Crippen molar-refractivity contribution in [3.63, 3.8) is 0 Å². The second-order valence-electron chi connectivity index (χ2n) is 19.3. The Labute approximate surface area is 409 Å². The minimum Gasteiger partial charge on any atom is -0.508 e. The molecule has 68 heavy (non-hydrogen) atoms. The minimum atomic E-state index is -0.753. The Kier molecular flexibility index (Phi) is 16.6. The first kappa shape index (κ1) is 49.2. The Morgan fingerprint density at radius 1 is 0.912 bits per heavy atom. The van der Waals surface area contributed by atoms with Crippen molar-refractivity contribution in [3.05, 3.63) is 159 Å². The number of H-pyrrole nitrogens is 1. The third-order valence-electron chi connectivity index (χ3n) is 14.2. The lowest BCUT2D eigenvalue weighted by atomic mass is 9.76. The monoisotopic (exact) mass is 951 g/mol. The van der Waals surface area contributed by atoms with Crippen LogP contribution in [0.2, 0.25) is 0 Å². The predicted octanol–water partition coefficient (Wildman–Crippen LogP) is 10.8. The molecule has 0 saturated heterocycles. The molecule has 356 valence electrons. The molecule has 1 aliphatic heterocycles. The van der Waals surface area contributed by atoms with Crippen molar-refractivity contribution in [2.45, 2.75) is 114 Å². The van der Waals surface area contributed by atoms with Gasteiger partial charge in [-0.3, -0.25) is 9.59 Å². The summed E-state index contributed by atoms with van der Waals surface area (Å²) >= 11 is 0. The van der Waals surface area contributed by atoms with E-state index in [0.717, 1.165) is 96.2 Å². The first-order valence-corrected chi connectivity index (χ1v) is 26.7. The number of nitrogens with two attached hydrogens (primary N) is 2. The number of hydrogen-bond donors (Lipinski definition) is 6. The Hall–Kier alpha value is -5.22. The standard InChI is InChI=1S/C57H65N3O6S2/c1-37(61)28-40(11-10-38-6-3-2-4-7-38)18-23-57-24-19-42(34-57)35-67-68-36-44-32-47-43(31-48(44)56(58)59)8-5-9-51-46(21-26-60-51)54(65)33-49(47)50-29-41(13-16-52(50)63)22-27-66-55-30-39(14-17-53(55)64)12-15-45(62)20-25-57/h2-4,6-7,13-14,16-17,20-21,25-26,29-32,37,40,42,49,56,60-61,63-64H,9-12,15,18-19,22-24,27-28,33-36,58-59H2,1H3. The number of phenols is 2. The van der Waals surface area contributed by atoms with Crippen LogP contribution in [-0.2, 0) is 36.2 Å². The van der Waals surface area contributed by atoms with E-state index in [1.54, 1.807) is 29.1 Å². The molecule has 5 aromatic rings. The first-order chi connectivity index (χ1) is 32.9. The molecule has 3 aliphatic rings. The molecule has 0 spiro atoms. The summed E-state index contributed by atoms with van der Waals surface area (Å²) in [7, 11) is 3.62. The number of aromatic hydroxyl groups is 2. The van der Waals surface area contributed by atoms with Gasteiger partial charge in [-0.25, -0.2) is 0 Å². The highest BCUT2D eigenvalue weighted by Crippen LogP contribution is 2.50. The maximum absolute atomic E-state index is 14.2. The van der Waals surface area contributed by atoms with Crippen LogP contribution in [0.25, 0.3) is 0 Å². The first-order valence-electron chi connectivity index (χ1n) is 24.2. The van der Waals surface area contributed by atoms with Crippen molar-refractivity contribution in [3.8, 4) is 29.1 Å².